The number of nitrogens with zero attached hydrogens (tertiary/aromatic N) is 2. The number of hydrogen-bond donors (Lipinski definition) is 3. The van der Waals surface area contributed by atoms with Gasteiger partial charge in [-0.05, 0) is 12.1 Å². The summed E-state index contributed by atoms with van der Waals surface area (Å²) in [5.74, 6) is 0.0525. The van der Waals surface area contributed by atoms with Crippen LogP contribution in [0.25, 0.3) is 0 Å². The van der Waals surface area contributed by atoms with Gasteiger partial charge in [0.15, 0.2) is 10.8 Å². The van der Waals surface area contributed by atoms with Crippen molar-refractivity contribution in [2.24, 2.45) is 5.73 Å². The van der Waals surface area contributed by atoms with Gasteiger partial charge >= 0.3 is 0 Å². The minimum atomic E-state index is -3.83. The number of aromatic nitrogens is 3. The van der Waals surface area contributed by atoms with Crippen LogP contribution < -0.4 is 10.5 Å². The molecule has 0 saturated heterocycles. The highest BCUT2D eigenvalue weighted by molar-refractivity contribution is 7.92. The van der Waals surface area contributed by atoms with Crippen molar-refractivity contribution in [3.63, 3.8) is 0 Å². The molecule has 0 fully saturated rings. The Morgan fingerprint density at radius 1 is 1.50 bits per heavy atom. The second kappa shape index (κ2) is 4.92. The summed E-state index contributed by atoms with van der Waals surface area (Å²) in [4.78, 5) is 3.84. The van der Waals surface area contributed by atoms with E-state index in [1.807, 2.05) is 0 Å². The van der Waals surface area contributed by atoms with Gasteiger partial charge in [-0.15, -0.1) is 0 Å². The molecule has 0 aliphatic rings. The summed E-state index contributed by atoms with van der Waals surface area (Å²) in [5.41, 5.74) is 5.80. The average Bonchev–Trinajstić information content (AvgIpc) is 2.81. The molecule has 0 radical (unpaired) electrons. The van der Waals surface area contributed by atoms with Crippen molar-refractivity contribution in [3.8, 4) is 0 Å². The van der Waals surface area contributed by atoms with Gasteiger partial charge in [-0.25, -0.2) is 4.98 Å². The van der Waals surface area contributed by atoms with Crippen LogP contribution in [-0.2, 0) is 16.6 Å². The van der Waals surface area contributed by atoms with Crippen molar-refractivity contribution in [2.75, 3.05) is 4.72 Å². The molecule has 0 unspecified atom stereocenters. The van der Waals surface area contributed by atoms with E-state index in [1.165, 1.54) is 18.5 Å². The Balaban J connectivity index is 2.37. The normalized spacial score (nSPS) is 11.4. The zero-order chi connectivity index (χ0) is 13.2. The molecule has 2 heterocycles. The maximum absolute atomic E-state index is 12.1. The summed E-state index contributed by atoms with van der Waals surface area (Å²) in [7, 11) is -3.83. The summed E-state index contributed by atoms with van der Waals surface area (Å²) in [6.07, 6.45) is 2.79. The molecule has 0 bridgehead atoms. The number of sulfonamides is 1. The van der Waals surface area contributed by atoms with Crippen LogP contribution in [0.1, 0.15) is 5.56 Å². The minimum Gasteiger partial charge on any atom is -0.326 e. The van der Waals surface area contributed by atoms with Crippen LogP contribution in [0.4, 0.5) is 5.82 Å². The van der Waals surface area contributed by atoms with Crippen molar-refractivity contribution in [2.45, 2.75) is 11.6 Å². The zero-order valence-electron chi connectivity index (χ0n) is 9.09. The van der Waals surface area contributed by atoms with E-state index in [2.05, 4.69) is 19.9 Å². The summed E-state index contributed by atoms with van der Waals surface area (Å²) in [5, 5.41) is 6.14. The summed E-state index contributed by atoms with van der Waals surface area (Å²) >= 11 is 5.83. The molecule has 0 aliphatic carbocycles. The molecular weight excluding hydrogens is 278 g/mol. The first kappa shape index (κ1) is 12.8. The summed E-state index contributed by atoms with van der Waals surface area (Å²) in [6.45, 7) is 0.0582. The molecule has 18 heavy (non-hydrogen) atoms. The van der Waals surface area contributed by atoms with Gasteiger partial charge in [-0.3, -0.25) is 9.82 Å². The van der Waals surface area contributed by atoms with Crippen molar-refractivity contribution >= 4 is 27.4 Å². The molecule has 2 aromatic heterocycles. The van der Waals surface area contributed by atoms with Crippen LogP contribution in [-0.4, -0.2) is 23.6 Å². The van der Waals surface area contributed by atoms with Crippen LogP contribution in [0.3, 0.4) is 0 Å². The highest BCUT2D eigenvalue weighted by atomic mass is 35.5. The lowest BCUT2D eigenvalue weighted by Crippen LogP contribution is -2.17. The van der Waals surface area contributed by atoms with E-state index in [0.717, 1.165) is 0 Å². The van der Waals surface area contributed by atoms with Gasteiger partial charge in [0.05, 0.1) is 11.2 Å². The van der Waals surface area contributed by atoms with E-state index < -0.39 is 10.0 Å². The van der Waals surface area contributed by atoms with Crippen LogP contribution in [0.5, 0.6) is 0 Å². The van der Waals surface area contributed by atoms with Gasteiger partial charge in [0.2, 0.25) is 0 Å². The largest absolute Gasteiger partial charge is 0.326 e. The van der Waals surface area contributed by atoms with Crippen LogP contribution in [0.2, 0.25) is 5.02 Å². The quantitative estimate of drug-likeness (QED) is 0.766. The van der Waals surface area contributed by atoms with E-state index in [4.69, 9.17) is 17.3 Å². The van der Waals surface area contributed by atoms with Crippen molar-refractivity contribution < 1.29 is 8.42 Å². The summed E-state index contributed by atoms with van der Waals surface area (Å²) in [6, 6.07) is 3.13. The Bertz CT molecular complexity index is 654. The van der Waals surface area contributed by atoms with E-state index >= 15 is 0 Å². The summed E-state index contributed by atoms with van der Waals surface area (Å²) < 4.78 is 26.4. The van der Waals surface area contributed by atoms with E-state index in [1.54, 1.807) is 6.07 Å². The third kappa shape index (κ3) is 2.45. The van der Waals surface area contributed by atoms with Gasteiger partial charge in [0.25, 0.3) is 10.0 Å². The van der Waals surface area contributed by atoms with Crippen molar-refractivity contribution in [1.29, 1.82) is 0 Å². The second-order valence-corrected chi connectivity index (χ2v) is 5.39. The van der Waals surface area contributed by atoms with Crippen molar-refractivity contribution in [3.05, 3.63) is 35.1 Å². The van der Waals surface area contributed by atoms with Crippen LogP contribution in [0.15, 0.2) is 29.6 Å². The Morgan fingerprint density at radius 2 is 2.28 bits per heavy atom. The van der Waals surface area contributed by atoms with Gasteiger partial charge in [0.1, 0.15) is 0 Å². The molecule has 4 N–H and O–H groups in total. The molecule has 0 spiro atoms. The molecule has 0 saturated carbocycles. The highest BCUT2D eigenvalue weighted by Gasteiger charge is 2.21. The van der Waals surface area contributed by atoms with Crippen molar-refractivity contribution in [1.82, 2.24) is 15.2 Å². The first-order valence-electron chi connectivity index (χ1n) is 4.90. The van der Waals surface area contributed by atoms with E-state index in [-0.39, 0.29) is 22.4 Å². The highest BCUT2D eigenvalue weighted by Crippen LogP contribution is 2.21. The van der Waals surface area contributed by atoms with Crippen LogP contribution in [0, 0.1) is 0 Å². The maximum atomic E-state index is 12.1. The predicted molar refractivity (Wildman–Crippen MR) is 66.5 cm³/mol. The maximum Gasteiger partial charge on any atom is 0.280 e. The molecule has 2 aromatic rings. The lowest BCUT2D eigenvalue weighted by atomic mass is 10.4. The second-order valence-electron chi connectivity index (χ2n) is 3.37. The number of nitrogens with one attached hydrogen (secondary N) is 2. The molecular formula is C9H10ClN5O2S. The Labute approximate surface area is 108 Å². The number of anilines is 1. The van der Waals surface area contributed by atoms with Gasteiger partial charge < -0.3 is 5.73 Å². The van der Waals surface area contributed by atoms with Gasteiger partial charge in [0, 0.05) is 18.3 Å². The number of halogens is 1. The molecule has 0 aromatic carbocycles. The smallest absolute Gasteiger partial charge is 0.280 e. The first-order valence-corrected chi connectivity index (χ1v) is 6.76. The van der Waals surface area contributed by atoms with Gasteiger partial charge in [-0.2, -0.15) is 13.5 Å². The fraction of sp³-hybridized carbons (Fsp3) is 0.111. The lowest BCUT2D eigenvalue weighted by Gasteiger charge is -2.07. The SMILES string of the molecule is NCc1cn[nH]c1S(=O)(=O)Nc1ncccc1Cl. The first-order chi connectivity index (χ1) is 8.54. The van der Waals surface area contributed by atoms with Gasteiger partial charge in [-0.1, -0.05) is 11.6 Å². The fourth-order valence-corrected chi connectivity index (χ4v) is 2.71. The number of rotatable bonds is 4. The average molecular weight is 288 g/mol. The topological polar surface area (TPSA) is 114 Å². The monoisotopic (exact) mass is 287 g/mol. The molecule has 0 amide bonds. The predicted octanol–water partition coefficient (Wildman–Crippen LogP) is 0.718. The van der Waals surface area contributed by atoms with E-state index in [9.17, 15) is 8.42 Å². The number of aromatic amines is 1. The number of nitrogens with two attached hydrogens (primary N) is 1. The number of hydrogen-bond acceptors (Lipinski definition) is 5. The molecule has 9 heteroatoms. The molecule has 7 nitrogen and oxygen atoms in total. The third-order valence-corrected chi connectivity index (χ3v) is 3.81. The minimum absolute atomic E-state index is 0.0525. The molecule has 0 atom stereocenters. The lowest BCUT2D eigenvalue weighted by molar-refractivity contribution is 0.595. The molecule has 96 valence electrons. The third-order valence-electron chi connectivity index (χ3n) is 2.16. The Kier molecular flexibility index (Phi) is 3.50. The Morgan fingerprint density at radius 3 is 2.94 bits per heavy atom. The number of pyridine rings is 1. The standard InChI is InChI=1S/C9H10ClN5O2S/c10-7-2-1-3-12-8(7)15-18(16,17)9-6(4-11)5-13-14-9/h1-3,5H,4,11H2,(H,12,15)(H,13,14). The Hall–Kier alpha value is -1.64. The van der Waals surface area contributed by atoms with E-state index in [0.29, 0.717) is 5.56 Å². The molecule has 2 rings (SSSR count). The number of H-pyrrole nitrogens is 1. The zero-order valence-corrected chi connectivity index (χ0v) is 10.7. The molecule has 0 aliphatic heterocycles. The fourth-order valence-electron chi connectivity index (χ4n) is 1.32. The van der Waals surface area contributed by atoms with Crippen LogP contribution >= 0.6 is 11.6 Å².